The number of H-pyrrole nitrogens is 1. The maximum absolute atomic E-state index is 12.0. The number of amides is 1. The van der Waals surface area contributed by atoms with Crippen LogP contribution in [0.1, 0.15) is 11.1 Å². The number of hydrogen-bond acceptors (Lipinski definition) is 3. The summed E-state index contributed by atoms with van der Waals surface area (Å²) in [7, 11) is 0. The maximum Gasteiger partial charge on any atom is 0.310 e. The summed E-state index contributed by atoms with van der Waals surface area (Å²) in [5.74, 6) is -0.863. The fourth-order valence-electron chi connectivity index (χ4n) is 2.54. The molecule has 3 rings (SSSR count). The summed E-state index contributed by atoms with van der Waals surface area (Å²) >= 11 is 11.9. The van der Waals surface area contributed by atoms with E-state index in [9.17, 15) is 9.59 Å². The summed E-state index contributed by atoms with van der Waals surface area (Å²) in [6.07, 6.45) is 1.87. The molecule has 1 heterocycles. The number of hydrogen-bond donors (Lipinski definition) is 2. The van der Waals surface area contributed by atoms with E-state index in [1.54, 1.807) is 24.4 Å². The van der Waals surface area contributed by atoms with Crippen molar-refractivity contribution in [3.63, 3.8) is 0 Å². The molecule has 26 heavy (non-hydrogen) atoms. The molecule has 134 valence electrons. The molecular formula is C19H16Cl2N2O3. The van der Waals surface area contributed by atoms with Crippen LogP contribution in [0, 0.1) is 0 Å². The van der Waals surface area contributed by atoms with E-state index in [4.69, 9.17) is 27.9 Å². The van der Waals surface area contributed by atoms with Crippen molar-refractivity contribution >= 4 is 46.0 Å². The fraction of sp³-hybridized carbons (Fsp3) is 0.158. The molecule has 0 aliphatic carbocycles. The van der Waals surface area contributed by atoms with E-state index in [2.05, 4.69) is 10.3 Å². The van der Waals surface area contributed by atoms with Gasteiger partial charge in [-0.25, -0.2) is 0 Å². The summed E-state index contributed by atoms with van der Waals surface area (Å²) < 4.78 is 5.04. The van der Waals surface area contributed by atoms with Gasteiger partial charge in [0.25, 0.3) is 5.91 Å². The van der Waals surface area contributed by atoms with E-state index in [-0.39, 0.29) is 19.6 Å². The van der Waals surface area contributed by atoms with Crippen molar-refractivity contribution in [3.8, 4) is 0 Å². The second-order valence-electron chi connectivity index (χ2n) is 5.71. The van der Waals surface area contributed by atoms with Crippen LogP contribution in [0.2, 0.25) is 10.0 Å². The van der Waals surface area contributed by atoms with Crippen LogP contribution in [-0.4, -0.2) is 23.5 Å². The molecule has 0 saturated heterocycles. The third-order valence-electron chi connectivity index (χ3n) is 3.87. The van der Waals surface area contributed by atoms with Crippen LogP contribution < -0.4 is 5.32 Å². The topological polar surface area (TPSA) is 71.2 Å². The van der Waals surface area contributed by atoms with Gasteiger partial charge in [-0.1, -0.05) is 47.5 Å². The third kappa shape index (κ3) is 4.56. The van der Waals surface area contributed by atoms with Gasteiger partial charge in [-0.2, -0.15) is 0 Å². The van der Waals surface area contributed by atoms with Crippen LogP contribution in [0.25, 0.3) is 10.9 Å². The molecule has 2 N–H and O–H groups in total. The minimum absolute atomic E-state index is 0.0975. The number of carbonyl (C=O) groups is 2. The zero-order valence-electron chi connectivity index (χ0n) is 13.7. The van der Waals surface area contributed by atoms with Gasteiger partial charge < -0.3 is 15.0 Å². The first-order valence-corrected chi connectivity index (χ1v) is 8.70. The molecule has 0 unspecified atom stereocenters. The van der Waals surface area contributed by atoms with Crippen molar-refractivity contribution in [2.24, 2.45) is 0 Å². The van der Waals surface area contributed by atoms with E-state index in [0.717, 1.165) is 22.0 Å². The third-order valence-corrected chi connectivity index (χ3v) is 4.45. The highest BCUT2D eigenvalue weighted by Crippen LogP contribution is 2.21. The van der Waals surface area contributed by atoms with Crippen LogP contribution in [0.4, 0.5) is 0 Å². The molecule has 5 nitrogen and oxygen atoms in total. The Bertz CT molecular complexity index is 953. The van der Waals surface area contributed by atoms with Gasteiger partial charge in [0.2, 0.25) is 0 Å². The number of halogens is 2. The van der Waals surface area contributed by atoms with Crippen molar-refractivity contribution in [2.45, 2.75) is 13.0 Å². The van der Waals surface area contributed by atoms with Gasteiger partial charge in [-0.05, 0) is 29.3 Å². The van der Waals surface area contributed by atoms with Crippen molar-refractivity contribution in [3.05, 3.63) is 69.8 Å². The monoisotopic (exact) mass is 390 g/mol. The molecular weight excluding hydrogens is 375 g/mol. The molecule has 0 radical (unpaired) electrons. The van der Waals surface area contributed by atoms with Crippen molar-refractivity contribution in [2.75, 3.05) is 6.61 Å². The van der Waals surface area contributed by atoms with Gasteiger partial charge >= 0.3 is 5.97 Å². The van der Waals surface area contributed by atoms with Crippen molar-refractivity contribution < 1.29 is 14.3 Å². The second kappa shape index (κ2) is 8.25. The minimum atomic E-state index is -0.463. The molecule has 0 aliphatic heterocycles. The molecule has 0 atom stereocenters. The number of carbonyl (C=O) groups excluding carboxylic acids is 2. The number of nitrogens with one attached hydrogen (secondary N) is 2. The average molecular weight is 391 g/mol. The van der Waals surface area contributed by atoms with Gasteiger partial charge in [0.15, 0.2) is 6.61 Å². The van der Waals surface area contributed by atoms with Gasteiger partial charge in [0, 0.05) is 33.7 Å². The highest BCUT2D eigenvalue weighted by Gasteiger charge is 2.12. The SMILES string of the molecule is O=C(COC(=O)Cc1c[nH]c2ccccc12)NCc1ccc(Cl)cc1Cl. The van der Waals surface area contributed by atoms with Gasteiger partial charge in [-0.3, -0.25) is 9.59 Å². The molecule has 0 saturated carbocycles. The van der Waals surface area contributed by atoms with Crippen LogP contribution in [0.3, 0.4) is 0 Å². The van der Waals surface area contributed by atoms with Crippen molar-refractivity contribution in [1.82, 2.24) is 10.3 Å². The first-order valence-electron chi connectivity index (χ1n) is 7.94. The Balaban J connectivity index is 1.47. The zero-order chi connectivity index (χ0) is 18.5. The lowest BCUT2D eigenvalue weighted by Gasteiger charge is -2.08. The number of benzene rings is 2. The Hall–Kier alpha value is -2.50. The second-order valence-corrected chi connectivity index (χ2v) is 6.55. The Morgan fingerprint density at radius 2 is 1.88 bits per heavy atom. The van der Waals surface area contributed by atoms with E-state index in [1.165, 1.54) is 0 Å². The maximum atomic E-state index is 12.0. The number of rotatable bonds is 6. The summed E-state index contributed by atoms with van der Waals surface area (Å²) in [5.41, 5.74) is 2.52. The van der Waals surface area contributed by atoms with Crippen LogP contribution in [-0.2, 0) is 27.3 Å². The van der Waals surface area contributed by atoms with E-state index < -0.39 is 11.9 Å². The number of ether oxygens (including phenoxy) is 1. The molecule has 2 aromatic carbocycles. The predicted molar refractivity (Wildman–Crippen MR) is 101 cm³/mol. The van der Waals surface area contributed by atoms with E-state index in [0.29, 0.717) is 10.0 Å². The van der Waals surface area contributed by atoms with E-state index >= 15 is 0 Å². The Kier molecular flexibility index (Phi) is 5.81. The normalized spacial score (nSPS) is 10.7. The number of aromatic nitrogens is 1. The standard InChI is InChI=1S/C19H16Cl2N2O3/c20-14-6-5-12(16(21)8-14)9-23-18(24)11-26-19(25)7-13-10-22-17-4-2-1-3-15(13)17/h1-6,8,10,22H,7,9,11H2,(H,23,24). The first kappa shape index (κ1) is 18.3. The van der Waals surface area contributed by atoms with Gasteiger partial charge in [0.1, 0.15) is 0 Å². The lowest BCUT2D eigenvalue weighted by molar-refractivity contribution is -0.147. The Morgan fingerprint density at radius 1 is 1.08 bits per heavy atom. The molecule has 0 fully saturated rings. The number of aromatic amines is 1. The van der Waals surface area contributed by atoms with Crippen LogP contribution >= 0.6 is 23.2 Å². The average Bonchev–Trinajstić information content (AvgIpc) is 3.02. The van der Waals surface area contributed by atoms with Crippen LogP contribution in [0.15, 0.2) is 48.7 Å². The molecule has 1 aromatic heterocycles. The molecule has 1 amide bonds. The molecule has 7 heteroatoms. The summed E-state index contributed by atoms with van der Waals surface area (Å²) in [5, 5.41) is 4.61. The van der Waals surface area contributed by atoms with Gasteiger partial charge in [0.05, 0.1) is 6.42 Å². The Morgan fingerprint density at radius 3 is 2.69 bits per heavy atom. The first-order chi connectivity index (χ1) is 12.5. The summed E-state index contributed by atoms with van der Waals surface area (Å²) in [6, 6.07) is 12.7. The van der Waals surface area contributed by atoms with Crippen LogP contribution in [0.5, 0.6) is 0 Å². The summed E-state index contributed by atoms with van der Waals surface area (Å²) in [6.45, 7) is -0.110. The molecule has 0 spiro atoms. The zero-order valence-corrected chi connectivity index (χ0v) is 15.2. The molecule has 0 bridgehead atoms. The van der Waals surface area contributed by atoms with Gasteiger partial charge in [-0.15, -0.1) is 0 Å². The lowest BCUT2D eigenvalue weighted by Crippen LogP contribution is -2.28. The van der Waals surface area contributed by atoms with Crippen molar-refractivity contribution in [1.29, 1.82) is 0 Å². The highest BCUT2D eigenvalue weighted by atomic mass is 35.5. The quantitative estimate of drug-likeness (QED) is 0.627. The predicted octanol–water partition coefficient (Wildman–Crippen LogP) is 3.88. The summed E-state index contributed by atoms with van der Waals surface area (Å²) in [4.78, 5) is 26.9. The molecule has 3 aromatic rings. The highest BCUT2D eigenvalue weighted by molar-refractivity contribution is 6.35. The molecule has 0 aliphatic rings. The Labute approximate surface area is 160 Å². The number of para-hydroxylation sites is 1. The lowest BCUT2D eigenvalue weighted by atomic mass is 10.1. The number of fused-ring (bicyclic) bond motifs is 1. The smallest absolute Gasteiger partial charge is 0.310 e. The largest absolute Gasteiger partial charge is 0.455 e. The fourth-order valence-corrected chi connectivity index (χ4v) is 3.02. The minimum Gasteiger partial charge on any atom is -0.455 e. The number of esters is 1. The van der Waals surface area contributed by atoms with E-state index in [1.807, 2.05) is 24.3 Å².